The lowest BCUT2D eigenvalue weighted by atomic mass is 10.1. The normalized spacial score (nSPS) is 14.3. The number of piperazine rings is 1. The number of nitrogens with one attached hydrogen (secondary N) is 1. The van der Waals surface area contributed by atoms with Crippen LogP contribution in [-0.4, -0.2) is 42.0 Å². The second-order valence-electron chi connectivity index (χ2n) is 8.16. The van der Waals surface area contributed by atoms with Crippen LogP contribution in [0.4, 0.5) is 5.69 Å². The molecule has 1 saturated heterocycles. The minimum absolute atomic E-state index is 0.123. The van der Waals surface area contributed by atoms with Gasteiger partial charge in [0, 0.05) is 43.3 Å². The molecular weight excluding hydrogens is 358 g/mol. The fourth-order valence-electron chi connectivity index (χ4n) is 4.05. The number of aromatic nitrogens is 1. The molecule has 3 aromatic rings. The predicted octanol–water partition coefficient (Wildman–Crippen LogP) is 4.88. The van der Waals surface area contributed by atoms with Gasteiger partial charge in [0.2, 0.25) is 0 Å². The number of H-pyrrole nitrogens is 1. The molecule has 0 atom stereocenters. The highest BCUT2D eigenvalue weighted by Gasteiger charge is 2.25. The molecule has 4 nitrogen and oxygen atoms in total. The molecule has 1 N–H and O–H groups in total. The predicted molar refractivity (Wildman–Crippen MR) is 120 cm³/mol. The van der Waals surface area contributed by atoms with E-state index < -0.39 is 0 Å². The molecule has 150 valence electrons. The van der Waals surface area contributed by atoms with Gasteiger partial charge in [-0.3, -0.25) is 4.79 Å². The molecule has 0 radical (unpaired) electrons. The van der Waals surface area contributed by atoms with Crippen molar-refractivity contribution >= 4 is 11.6 Å². The minimum Gasteiger partial charge on any atom is -0.368 e. The highest BCUT2D eigenvalue weighted by atomic mass is 16.2. The minimum atomic E-state index is 0.123. The summed E-state index contributed by atoms with van der Waals surface area (Å²) in [7, 11) is 0. The zero-order valence-corrected chi connectivity index (χ0v) is 17.7. The number of aryl methyl sites for hydroxylation is 4. The first-order valence-electron chi connectivity index (χ1n) is 10.3. The van der Waals surface area contributed by atoms with E-state index in [1.165, 1.54) is 22.4 Å². The monoisotopic (exact) mass is 387 g/mol. The van der Waals surface area contributed by atoms with Crippen LogP contribution in [0, 0.1) is 27.7 Å². The maximum atomic E-state index is 13.2. The summed E-state index contributed by atoms with van der Waals surface area (Å²) in [6.45, 7) is 11.6. The number of aromatic amines is 1. The fraction of sp³-hybridized carbons (Fsp3) is 0.320. The van der Waals surface area contributed by atoms with Crippen molar-refractivity contribution in [2.45, 2.75) is 27.7 Å². The zero-order chi connectivity index (χ0) is 20.5. The van der Waals surface area contributed by atoms with Crippen LogP contribution in [0.15, 0.2) is 48.5 Å². The summed E-state index contributed by atoms with van der Waals surface area (Å²) in [6, 6.07) is 17.0. The maximum Gasteiger partial charge on any atom is 0.255 e. The molecule has 0 bridgehead atoms. The fourth-order valence-corrected chi connectivity index (χ4v) is 4.05. The lowest BCUT2D eigenvalue weighted by Gasteiger charge is -2.37. The number of carbonyl (C=O) groups excluding carboxylic acids is 1. The summed E-state index contributed by atoms with van der Waals surface area (Å²) in [5.41, 5.74) is 8.91. The number of anilines is 1. The van der Waals surface area contributed by atoms with E-state index in [1.807, 2.05) is 17.9 Å². The zero-order valence-electron chi connectivity index (χ0n) is 17.7. The number of benzene rings is 2. The Hall–Kier alpha value is -3.01. The molecule has 2 heterocycles. The van der Waals surface area contributed by atoms with Crippen LogP contribution in [-0.2, 0) is 0 Å². The van der Waals surface area contributed by atoms with E-state index in [0.717, 1.165) is 48.7 Å². The molecule has 0 saturated carbocycles. The summed E-state index contributed by atoms with van der Waals surface area (Å²) in [5.74, 6) is 0.123. The van der Waals surface area contributed by atoms with Gasteiger partial charge in [0.25, 0.3) is 5.91 Å². The summed E-state index contributed by atoms with van der Waals surface area (Å²) < 4.78 is 0. The van der Waals surface area contributed by atoms with Gasteiger partial charge in [-0.25, -0.2) is 0 Å². The molecule has 4 rings (SSSR count). The highest BCUT2D eigenvalue weighted by Crippen LogP contribution is 2.26. The first-order chi connectivity index (χ1) is 13.9. The molecule has 29 heavy (non-hydrogen) atoms. The number of rotatable bonds is 3. The number of amides is 1. The topological polar surface area (TPSA) is 39.3 Å². The van der Waals surface area contributed by atoms with Crippen molar-refractivity contribution in [1.82, 2.24) is 9.88 Å². The van der Waals surface area contributed by atoms with E-state index in [1.54, 1.807) is 0 Å². The Morgan fingerprint density at radius 3 is 2.17 bits per heavy atom. The molecule has 4 heteroatoms. The SMILES string of the molecule is Cc1ccc(-c2cc(C(=O)N3CCN(c4cc(C)ccc4C)CC3)c(C)[nH]2)cc1. The van der Waals surface area contributed by atoms with Crippen molar-refractivity contribution in [3.63, 3.8) is 0 Å². The molecule has 0 unspecified atom stereocenters. The van der Waals surface area contributed by atoms with Gasteiger partial charge in [0.15, 0.2) is 0 Å². The van der Waals surface area contributed by atoms with Gasteiger partial charge in [-0.2, -0.15) is 0 Å². The second-order valence-corrected chi connectivity index (χ2v) is 8.16. The standard InChI is InChI=1S/C25H29N3O/c1-17-6-9-21(10-7-17)23-16-22(20(4)26-23)25(29)28-13-11-27(12-14-28)24-15-18(2)5-8-19(24)3/h5-10,15-16,26H,11-14H2,1-4H3. The summed E-state index contributed by atoms with van der Waals surface area (Å²) in [4.78, 5) is 20.9. The highest BCUT2D eigenvalue weighted by molar-refractivity contribution is 5.97. The second kappa shape index (κ2) is 7.78. The first-order valence-corrected chi connectivity index (χ1v) is 10.3. The van der Waals surface area contributed by atoms with Crippen LogP contribution in [0.3, 0.4) is 0 Å². The van der Waals surface area contributed by atoms with Gasteiger partial charge in [0.05, 0.1) is 5.56 Å². The number of hydrogen-bond donors (Lipinski definition) is 1. The number of nitrogens with zero attached hydrogens (tertiary/aromatic N) is 2. The molecule has 2 aromatic carbocycles. The van der Waals surface area contributed by atoms with E-state index in [-0.39, 0.29) is 5.91 Å². The average Bonchev–Trinajstić information content (AvgIpc) is 3.11. The lowest BCUT2D eigenvalue weighted by molar-refractivity contribution is 0.0746. The van der Waals surface area contributed by atoms with E-state index in [2.05, 4.69) is 73.1 Å². The van der Waals surface area contributed by atoms with E-state index in [4.69, 9.17) is 0 Å². The summed E-state index contributed by atoms with van der Waals surface area (Å²) in [6.07, 6.45) is 0. The maximum absolute atomic E-state index is 13.2. The third-order valence-corrected chi connectivity index (χ3v) is 5.88. The molecule has 1 amide bonds. The Bertz CT molecular complexity index is 1020. The molecule has 0 spiro atoms. The lowest BCUT2D eigenvalue weighted by Crippen LogP contribution is -2.49. The van der Waals surface area contributed by atoms with Crippen LogP contribution < -0.4 is 4.90 Å². The van der Waals surface area contributed by atoms with Gasteiger partial charge in [-0.05, 0) is 56.5 Å². The van der Waals surface area contributed by atoms with Crippen molar-refractivity contribution in [3.8, 4) is 11.3 Å². The largest absolute Gasteiger partial charge is 0.368 e. The molecule has 0 aliphatic carbocycles. The van der Waals surface area contributed by atoms with Crippen LogP contribution in [0.1, 0.15) is 32.7 Å². The van der Waals surface area contributed by atoms with Gasteiger partial charge in [-0.15, -0.1) is 0 Å². The van der Waals surface area contributed by atoms with Crippen molar-refractivity contribution in [2.75, 3.05) is 31.1 Å². The first kappa shape index (κ1) is 19.3. The molecule has 1 fully saturated rings. The van der Waals surface area contributed by atoms with Crippen molar-refractivity contribution in [2.24, 2.45) is 0 Å². The smallest absolute Gasteiger partial charge is 0.255 e. The van der Waals surface area contributed by atoms with Gasteiger partial charge in [-0.1, -0.05) is 42.0 Å². The van der Waals surface area contributed by atoms with Crippen LogP contribution in [0.5, 0.6) is 0 Å². The Morgan fingerprint density at radius 1 is 0.828 bits per heavy atom. The van der Waals surface area contributed by atoms with Crippen molar-refractivity contribution < 1.29 is 4.79 Å². The quantitative estimate of drug-likeness (QED) is 0.696. The Labute approximate surface area is 173 Å². The van der Waals surface area contributed by atoms with Gasteiger partial charge in [0.1, 0.15) is 0 Å². The Balaban J connectivity index is 1.47. The molecule has 1 aliphatic rings. The Kier molecular flexibility index (Phi) is 5.18. The van der Waals surface area contributed by atoms with Crippen molar-refractivity contribution in [3.05, 3.63) is 76.5 Å². The molecule has 1 aromatic heterocycles. The van der Waals surface area contributed by atoms with E-state index >= 15 is 0 Å². The van der Waals surface area contributed by atoms with Gasteiger partial charge >= 0.3 is 0 Å². The Morgan fingerprint density at radius 2 is 1.48 bits per heavy atom. The van der Waals surface area contributed by atoms with Gasteiger partial charge < -0.3 is 14.8 Å². The summed E-state index contributed by atoms with van der Waals surface area (Å²) in [5, 5.41) is 0. The van der Waals surface area contributed by atoms with Crippen LogP contribution in [0.2, 0.25) is 0 Å². The van der Waals surface area contributed by atoms with E-state index in [9.17, 15) is 4.79 Å². The average molecular weight is 388 g/mol. The van der Waals surface area contributed by atoms with Crippen molar-refractivity contribution in [1.29, 1.82) is 0 Å². The molecular formula is C25H29N3O. The third kappa shape index (κ3) is 3.93. The third-order valence-electron chi connectivity index (χ3n) is 5.88. The summed E-state index contributed by atoms with van der Waals surface area (Å²) >= 11 is 0. The number of hydrogen-bond acceptors (Lipinski definition) is 2. The van der Waals surface area contributed by atoms with E-state index in [0.29, 0.717) is 0 Å². The van der Waals surface area contributed by atoms with Crippen LogP contribution >= 0.6 is 0 Å². The number of carbonyl (C=O) groups is 1. The molecule has 1 aliphatic heterocycles. The van der Waals surface area contributed by atoms with Crippen LogP contribution in [0.25, 0.3) is 11.3 Å².